The van der Waals surface area contributed by atoms with Crippen molar-refractivity contribution < 1.29 is 14.3 Å². The van der Waals surface area contributed by atoms with E-state index in [0.29, 0.717) is 31.8 Å². The fourth-order valence-electron chi connectivity index (χ4n) is 3.39. The molecule has 1 aliphatic heterocycles. The highest BCUT2D eigenvalue weighted by atomic mass is 16.5. The Hall–Kier alpha value is -2.86. The zero-order valence-corrected chi connectivity index (χ0v) is 16.2. The number of piperidine rings is 1. The molecule has 0 aromatic heterocycles. The molecule has 1 saturated heterocycles. The Kier molecular flexibility index (Phi) is 7.03. The predicted molar refractivity (Wildman–Crippen MR) is 108 cm³/mol. The zero-order valence-electron chi connectivity index (χ0n) is 16.2. The first kappa shape index (κ1) is 19.9. The lowest BCUT2D eigenvalue weighted by Gasteiger charge is -2.32. The monoisotopic (exact) mass is 381 g/mol. The van der Waals surface area contributed by atoms with E-state index < -0.39 is 0 Å². The van der Waals surface area contributed by atoms with Gasteiger partial charge in [0.05, 0.1) is 6.61 Å². The van der Waals surface area contributed by atoms with Crippen molar-refractivity contribution in [1.82, 2.24) is 15.5 Å². The van der Waals surface area contributed by atoms with Gasteiger partial charge >= 0.3 is 6.03 Å². The molecular weight excluding hydrogens is 354 g/mol. The second-order valence-electron chi connectivity index (χ2n) is 6.96. The number of urea groups is 1. The van der Waals surface area contributed by atoms with Crippen LogP contribution in [-0.2, 0) is 17.9 Å². The molecule has 28 heavy (non-hydrogen) atoms. The number of carbonyl (C=O) groups is 2. The quantitative estimate of drug-likeness (QED) is 0.808. The molecule has 2 aromatic rings. The fourth-order valence-corrected chi connectivity index (χ4v) is 3.39. The third-order valence-electron chi connectivity index (χ3n) is 5.00. The molecule has 148 valence electrons. The number of nitrogens with one attached hydrogen (secondary N) is 2. The Morgan fingerprint density at radius 3 is 2.32 bits per heavy atom. The molecular formula is C22H27N3O3. The minimum Gasteiger partial charge on any atom is -0.380 e. The van der Waals surface area contributed by atoms with Crippen molar-refractivity contribution in [2.24, 2.45) is 0 Å². The molecule has 0 radical (unpaired) electrons. The number of benzene rings is 2. The van der Waals surface area contributed by atoms with Crippen LogP contribution in [0.5, 0.6) is 0 Å². The molecule has 0 spiro atoms. The maximum Gasteiger partial charge on any atom is 0.317 e. The van der Waals surface area contributed by atoms with Crippen molar-refractivity contribution in [2.75, 3.05) is 20.2 Å². The van der Waals surface area contributed by atoms with Crippen molar-refractivity contribution in [3.8, 4) is 0 Å². The number of nitrogens with zero attached hydrogens (tertiary/aromatic N) is 1. The summed E-state index contributed by atoms with van der Waals surface area (Å²) in [6.45, 7) is 2.26. The van der Waals surface area contributed by atoms with E-state index in [1.807, 2.05) is 47.4 Å². The predicted octanol–water partition coefficient (Wildman–Crippen LogP) is 2.94. The summed E-state index contributed by atoms with van der Waals surface area (Å²) in [5.74, 6) is -0.0572. The number of hydrogen-bond donors (Lipinski definition) is 2. The summed E-state index contributed by atoms with van der Waals surface area (Å²) in [4.78, 5) is 26.6. The van der Waals surface area contributed by atoms with Crippen LogP contribution in [0, 0.1) is 0 Å². The van der Waals surface area contributed by atoms with Gasteiger partial charge in [0.25, 0.3) is 5.91 Å². The minimum atomic E-state index is -0.0694. The highest BCUT2D eigenvalue weighted by Crippen LogP contribution is 2.13. The van der Waals surface area contributed by atoms with Crippen LogP contribution in [0.4, 0.5) is 4.79 Å². The molecule has 0 atom stereocenters. The lowest BCUT2D eigenvalue weighted by atomic mass is 10.0. The molecule has 1 heterocycles. The van der Waals surface area contributed by atoms with E-state index in [1.54, 1.807) is 19.2 Å². The van der Waals surface area contributed by atoms with E-state index in [-0.39, 0.29) is 18.0 Å². The smallest absolute Gasteiger partial charge is 0.317 e. The van der Waals surface area contributed by atoms with Gasteiger partial charge in [-0.05, 0) is 36.1 Å². The Balaban J connectivity index is 1.44. The van der Waals surface area contributed by atoms with Crippen molar-refractivity contribution in [2.45, 2.75) is 32.0 Å². The first-order chi connectivity index (χ1) is 13.7. The number of methoxy groups -OCH3 is 1. The van der Waals surface area contributed by atoms with Crippen LogP contribution < -0.4 is 10.6 Å². The summed E-state index contributed by atoms with van der Waals surface area (Å²) >= 11 is 0. The van der Waals surface area contributed by atoms with Gasteiger partial charge in [-0.15, -0.1) is 0 Å². The van der Waals surface area contributed by atoms with Crippen molar-refractivity contribution in [1.29, 1.82) is 0 Å². The Bertz CT molecular complexity index is 787. The van der Waals surface area contributed by atoms with Crippen LogP contribution in [0.2, 0.25) is 0 Å². The van der Waals surface area contributed by atoms with E-state index >= 15 is 0 Å². The second-order valence-corrected chi connectivity index (χ2v) is 6.96. The van der Waals surface area contributed by atoms with Gasteiger partial charge in [0.1, 0.15) is 0 Å². The highest BCUT2D eigenvalue weighted by molar-refractivity contribution is 5.94. The third-order valence-corrected chi connectivity index (χ3v) is 5.00. The molecule has 3 rings (SSSR count). The van der Waals surface area contributed by atoms with E-state index in [9.17, 15) is 9.59 Å². The molecule has 1 aliphatic rings. The number of rotatable bonds is 6. The van der Waals surface area contributed by atoms with E-state index in [1.165, 1.54) is 0 Å². The second kappa shape index (κ2) is 9.90. The van der Waals surface area contributed by atoms with Crippen LogP contribution in [0.15, 0.2) is 54.6 Å². The summed E-state index contributed by atoms with van der Waals surface area (Å²) in [5, 5.41) is 6.06. The number of amides is 3. The molecule has 1 fully saturated rings. The first-order valence-electron chi connectivity index (χ1n) is 9.62. The molecule has 6 nitrogen and oxygen atoms in total. The molecule has 0 saturated carbocycles. The SMILES string of the molecule is COCc1ccccc1CNC(=O)N1CCC(NC(=O)c2ccccc2)CC1. The van der Waals surface area contributed by atoms with E-state index in [4.69, 9.17) is 4.74 Å². The largest absolute Gasteiger partial charge is 0.380 e. The van der Waals surface area contributed by atoms with Gasteiger partial charge in [0.2, 0.25) is 0 Å². The summed E-state index contributed by atoms with van der Waals surface area (Å²) < 4.78 is 5.21. The summed E-state index contributed by atoms with van der Waals surface area (Å²) in [5.41, 5.74) is 2.80. The minimum absolute atomic E-state index is 0.0572. The molecule has 3 amide bonds. The van der Waals surface area contributed by atoms with E-state index in [2.05, 4.69) is 10.6 Å². The highest BCUT2D eigenvalue weighted by Gasteiger charge is 2.24. The maximum atomic E-state index is 12.5. The molecule has 0 unspecified atom stereocenters. The van der Waals surface area contributed by atoms with Crippen molar-refractivity contribution in [3.63, 3.8) is 0 Å². The maximum absolute atomic E-state index is 12.5. The van der Waals surface area contributed by atoms with Crippen LogP contribution in [-0.4, -0.2) is 43.1 Å². The van der Waals surface area contributed by atoms with Crippen LogP contribution in [0.25, 0.3) is 0 Å². The van der Waals surface area contributed by atoms with Crippen molar-refractivity contribution in [3.05, 3.63) is 71.3 Å². The Morgan fingerprint density at radius 2 is 1.64 bits per heavy atom. The lowest BCUT2D eigenvalue weighted by molar-refractivity contribution is 0.0918. The standard InChI is InChI=1S/C22H27N3O3/c1-28-16-19-10-6-5-9-18(19)15-23-22(27)25-13-11-20(12-14-25)24-21(26)17-7-3-2-4-8-17/h2-10,20H,11-16H2,1H3,(H,23,27)(H,24,26). The lowest BCUT2D eigenvalue weighted by Crippen LogP contribution is -2.49. The van der Waals surface area contributed by atoms with Gasteiger partial charge in [-0.3, -0.25) is 4.79 Å². The van der Waals surface area contributed by atoms with Gasteiger partial charge in [0.15, 0.2) is 0 Å². The summed E-state index contributed by atoms with van der Waals surface area (Å²) in [6.07, 6.45) is 1.51. The zero-order chi connectivity index (χ0) is 19.8. The molecule has 0 bridgehead atoms. The van der Waals surface area contributed by atoms with Gasteiger partial charge in [-0.25, -0.2) is 4.79 Å². The third kappa shape index (κ3) is 5.33. The van der Waals surface area contributed by atoms with Gasteiger partial charge in [-0.1, -0.05) is 42.5 Å². The number of carbonyl (C=O) groups excluding carboxylic acids is 2. The average Bonchev–Trinajstić information content (AvgIpc) is 2.74. The van der Waals surface area contributed by atoms with Crippen LogP contribution in [0.3, 0.4) is 0 Å². The normalized spacial score (nSPS) is 14.5. The van der Waals surface area contributed by atoms with Crippen molar-refractivity contribution >= 4 is 11.9 Å². The van der Waals surface area contributed by atoms with Gasteiger partial charge < -0.3 is 20.3 Å². The molecule has 2 N–H and O–H groups in total. The first-order valence-corrected chi connectivity index (χ1v) is 9.62. The number of ether oxygens (including phenoxy) is 1. The molecule has 6 heteroatoms. The summed E-state index contributed by atoms with van der Waals surface area (Å²) in [6, 6.07) is 17.2. The molecule has 0 aliphatic carbocycles. The Morgan fingerprint density at radius 1 is 1.00 bits per heavy atom. The average molecular weight is 381 g/mol. The fraction of sp³-hybridized carbons (Fsp3) is 0.364. The van der Waals surface area contributed by atoms with Crippen LogP contribution in [0.1, 0.15) is 34.3 Å². The van der Waals surface area contributed by atoms with Gasteiger partial charge in [-0.2, -0.15) is 0 Å². The summed E-state index contributed by atoms with van der Waals surface area (Å²) in [7, 11) is 1.66. The van der Waals surface area contributed by atoms with Crippen LogP contribution >= 0.6 is 0 Å². The topological polar surface area (TPSA) is 70.7 Å². The molecule has 2 aromatic carbocycles. The van der Waals surface area contributed by atoms with E-state index in [0.717, 1.165) is 24.0 Å². The van der Waals surface area contributed by atoms with Gasteiger partial charge in [0, 0.05) is 38.3 Å². The number of likely N-dealkylation sites (tertiary alicyclic amines) is 1. The number of hydrogen-bond acceptors (Lipinski definition) is 3. The Labute approximate surface area is 165 Å².